The van der Waals surface area contributed by atoms with Gasteiger partial charge in [0.25, 0.3) is 5.91 Å². The van der Waals surface area contributed by atoms with Crippen molar-refractivity contribution in [2.75, 3.05) is 18.4 Å². The van der Waals surface area contributed by atoms with Crippen molar-refractivity contribution in [1.29, 1.82) is 0 Å². The van der Waals surface area contributed by atoms with Gasteiger partial charge in [0, 0.05) is 10.8 Å². The number of likely N-dealkylation sites (tertiary alicyclic amines) is 1. The number of fused-ring (bicyclic) bond motifs is 2. The number of primary amides is 1. The second kappa shape index (κ2) is 8.33. The van der Waals surface area contributed by atoms with Gasteiger partial charge in [-0.3, -0.25) is 14.5 Å². The van der Waals surface area contributed by atoms with Crippen molar-refractivity contribution in [1.82, 2.24) is 9.88 Å². The zero-order valence-corrected chi connectivity index (χ0v) is 19.2. The average Bonchev–Trinajstić information content (AvgIpc) is 3.47. The molecule has 2 aromatic heterocycles. The monoisotopic (exact) mass is 454 g/mol. The van der Waals surface area contributed by atoms with E-state index in [1.165, 1.54) is 25.9 Å². The van der Waals surface area contributed by atoms with Gasteiger partial charge in [0.1, 0.15) is 5.00 Å². The van der Waals surface area contributed by atoms with E-state index in [1.54, 1.807) is 11.3 Å². The molecule has 8 heteroatoms. The van der Waals surface area contributed by atoms with Crippen molar-refractivity contribution in [2.24, 2.45) is 5.73 Å². The quantitative estimate of drug-likeness (QED) is 0.606. The molecule has 2 aliphatic rings. The number of hydrogen-bond donors (Lipinski definition) is 2. The number of nitrogens with zero attached hydrogens (tertiary/aromatic N) is 2. The summed E-state index contributed by atoms with van der Waals surface area (Å²) in [6.45, 7) is 3.66. The predicted octanol–water partition coefficient (Wildman–Crippen LogP) is 4.15. The van der Waals surface area contributed by atoms with E-state index in [2.05, 4.69) is 28.4 Å². The molecule has 1 fully saturated rings. The molecule has 5 rings (SSSR count). The standard InChI is InChI=1S/C23H26N4O2S2/c1-13(21(29)26-23-19(20(24)28)15-5-4-8-17(15)30-23)27-11-9-14(10-12-27)22-25-16-6-2-3-7-18(16)31-22/h2-3,6-7,13-14H,4-5,8-12H2,1H3,(H2,24,28)(H,26,29). The zero-order chi connectivity index (χ0) is 21.5. The van der Waals surface area contributed by atoms with Crippen LogP contribution in [0.3, 0.4) is 0 Å². The van der Waals surface area contributed by atoms with Crippen LogP contribution in [0.2, 0.25) is 0 Å². The minimum absolute atomic E-state index is 0.0686. The lowest BCUT2D eigenvalue weighted by molar-refractivity contribution is -0.121. The van der Waals surface area contributed by atoms with Gasteiger partial charge in [0.2, 0.25) is 5.91 Å². The lowest BCUT2D eigenvalue weighted by atomic mass is 9.96. The Balaban J connectivity index is 1.23. The summed E-state index contributed by atoms with van der Waals surface area (Å²) >= 11 is 3.30. The van der Waals surface area contributed by atoms with Crippen molar-refractivity contribution < 1.29 is 9.59 Å². The van der Waals surface area contributed by atoms with Crippen LogP contribution in [0.4, 0.5) is 5.00 Å². The van der Waals surface area contributed by atoms with E-state index in [9.17, 15) is 9.59 Å². The van der Waals surface area contributed by atoms with Crippen LogP contribution in [0.15, 0.2) is 24.3 Å². The van der Waals surface area contributed by atoms with Crippen molar-refractivity contribution in [3.05, 3.63) is 45.3 Å². The van der Waals surface area contributed by atoms with Gasteiger partial charge >= 0.3 is 0 Å². The molecule has 162 valence electrons. The number of aromatic nitrogens is 1. The van der Waals surface area contributed by atoms with E-state index in [4.69, 9.17) is 10.7 Å². The SMILES string of the molecule is CC(C(=O)Nc1sc2c(c1C(N)=O)CCC2)N1CCC(c2nc3ccccc3s2)CC1. The first-order chi connectivity index (χ1) is 15.0. The van der Waals surface area contributed by atoms with Crippen LogP contribution >= 0.6 is 22.7 Å². The first-order valence-electron chi connectivity index (χ1n) is 10.9. The maximum Gasteiger partial charge on any atom is 0.251 e. The molecule has 3 aromatic rings. The third-order valence-corrected chi connectivity index (χ3v) is 8.93. The summed E-state index contributed by atoms with van der Waals surface area (Å²) in [5.41, 5.74) is 8.26. The van der Waals surface area contributed by atoms with E-state index in [0.29, 0.717) is 16.5 Å². The number of aryl methyl sites for hydroxylation is 1. The minimum atomic E-state index is -0.445. The van der Waals surface area contributed by atoms with Crippen LogP contribution in [0, 0.1) is 0 Å². The molecule has 3 N–H and O–H groups in total. The predicted molar refractivity (Wildman–Crippen MR) is 126 cm³/mol. The molecule has 2 amide bonds. The van der Waals surface area contributed by atoms with Gasteiger partial charge in [-0.25, -0.2) is 4.98 Å². The number of hydrogen-bond acceptors (Lipinski definition) is 6. The van der Waals surface area contributed by atoms with E-state index in [0.717, 1.165) is 56.3 Å². The number of benzene rings is 1. The Hall–Kier alpha value is -2.29. The van der Waals surface area contributed by atoms with Crippen molar-refractivity contribution in [3.8, 4) is 0 Å². The Morgan fingerprint density at radius 1 is 1.19 bits per heavy atom. The fourth-order valence-electron chi connectivity index (χ4n) is 4.73. The number of amides is 2. The zero-order valence-electron chi connectivity index (χ0n) is 17.5. The number of thiazole rings is 1. The maximum absolute atomic E-state index is 13.0. The van der Waals surface area contributed by atoms with Crippen LogP contribution in [-0.2, 0) is 17.6 Å². The minimum Gasteiger partial charge on any atom is -0.365 e. The van der Waals surface area contributed by atoms with E-state index in [-0.39, 0.29) is 11.9 Å². The van der Waals surface area contributed by atoms with E-state index >= 15 is 0 Å². The highest BCUT2D eigenvalue weighted by Gasteiger charge is 2.31. The number of carbonyl (C=O) groups excluding carboxylic acids is 2. The second-order valence-corrected chi connectivity index (χ2v) is 10.6. The van der Waals surface area contributed by atoms with Crippen molar-refractivity contribution in [3.63, 3.8) is 0 Å². The normalized spacial score (nSPS) is 18.2. The molecular formula is C23H26N4O2S2. The lowest BCUT2D eigenvalue weighted by Crippen LogP contribution is -2.45. The average molecular weight is 455 g/mol. The van der Waals surface area contributed by atoms with Crippen molar-refractivity contribution in [2.45, 2.75) is 51.0 Å². The lowest BCUT2D eigenvalue weighted by Gasteiger charge is -2.34. The molecule has 0 bridgehead atoms. The third kappa shape index (κ3) is 3.88. The van der Waals surface area contributed by atoms with E-state index < -0.39 is 5.91 Å². The van der Waals surface area contributed by atoms with Gasteiger partial charge in [-0.05, 0) is 69.8 Å². The van der Waals surface area contributed by atoms with Gasteiger partial charge in [-0.1, -0.05) is 12.1 Å². The van der Waals surface area contributed by atoms with Crippen LogP contribution < -0.4 is 11.1 Å². The fourth-order valence-corrected chi connectivity index (χ4v) is 7.17. The highest BCUT2D eigenvalue weighted by atomic mass is 32.1. The Kier molecular flexibility index (Phi) is 5.54. The summed E-state index contributed by atoms with van der Waals surface area (Å²) in [5.74, 6) is -0.0643. The number of thiophene rings is 1. The molecule has 1 aliphatic heterocycles. The molecule has 0 saturated carbocycles. The Morgan fingerprint density at radius 2 is 1.97 bits per heavy atom. The Morgan fingerprint density at radius 3 is 2.71 bits per heavy atom. The molecule has 1 atom stereocenters. The molecule has 0 radical (unpaired) electrons. The molecule has 3 heterocycles. The summed E-state index contributed by atoms with van der Waals surface area (Å²) in [6.07, 6.45) is 4.88. The molecule has 1 unspecified atom stereocenters. The van der Waals surface area contributed by atoms with Crippen LogP contribution in [-0.4, -0.2) is 40.8 Å². The summed E-state index contributed by atoms with van der Waals surface area (Å²) in [7, 11) is 0. The number of piperidine rings is 1. The van der Waals surface area contributed by atoms with Gasteiger partial charge in [-0.2, -0.15) is 0 Å². The van der Waals surface area contributed by atoms with E-state index in [1.807, 2.05) is 13.0 Å². The first-order valence-corrected chi connectivity index (χ1v) is 12.5. The molecule has 31 heavy (non-hydrogen) atoms. The summed E-state index contributed by atoms with van der Waals surface area (Å²) < 4.78 is 1.24. The van der Waals surface area contributed by atoms with Crippen LogP contribution in [0.25, 0.3) is 10.2 Å². The summed E-state index contributed by atoms with van der Waals surface area (Å²) in [6, 6.07) is 8.02. The number of nitrogens with one attached hydrogen (secondary N) is 1. The molecular weight excluding hydrogens is 428 g/mol. The molecule has 1 aliphatic carbocycles. The number of para-hydroxylation sites is 1. The van der Waals surface area contributed by atoms with Crippen LogP contribution in [0.1, 0.15) is 57.9 Å². The number of nitrogens with two attached hydrogens (primary N) is 1. The number of anilines is 1. The Bertz CT molecular complexity index is 1110. The van der Waals surface area contributed by atoms with Gasteiger partial charge in [0.15, 0.2) is 0 Å². The topological polar surface area (TPSA) is 88.3 Å². The molecule has 1 saturated heterocycles. The fraction of sp³-hybridized carbons (Fsp3) is 0.435. The van der Waals surface area contributed by atoms with Gasteiger partial charge in [0.05, 0.1) is 26.8 Å². The molecule has 0 spiro atoms. The third-order valence-electron chi connectivity index (χ3n) is 6.52. The highest BCUT2D eigenvalue weighted by Crippen LogP contribution is 2.39. The second-order valence-electron chi connectivity index (χ2n) is 8.42. The highest BCUT2D eigenvalue weighted by molar-refractivity contribution is 7.18. The van der Waals surface area contributed by atoms with Crippen LogP contribution in [0.5, 0.6) is 0 Å². The smallest absolute Gasteiger partial charge is 0.251 e. The van der Waals surface area contributed by atoms with Crippen molar-refractivity contribution >= 4 is 49.7 Å². The summed E-state index contributed by atoms with van der Waals surface area (Å²) in [5, 5.41) is 4.84. The Labute approximate surface area is 189 Å². The largest absolute Gasteiger partial charge is 0.365 e. The number of carbonyl (C=O) groups is 2. The van der Waals surface area contributed by atoms with Gasteiger partial charge in [-0.15, -0.1) is 22.7 Å². The first kappa shape index (κ1) is 20.6. The molecule has 6 nitrogen and oxygen atoms in total. The summed E-state index contributed by atoms with van der Waals surface area (Å²) in [4.78, 5) is 33.2. The molecule has 1 aromatic carbocycles. The number of rotatable bonds is 5. The maximum atomic E-state index is 13.0. The van der Waals surface area contributed by atoms with Gasteiger partial charge < -0.3 is 11.1 Å².